The molecule has 1 aromatic heterocycles. The number of alkyl halides is 3. The molecule has 1 aliphatic heterocycles. The van der Waals surface area contributed by atoms with Gasteiger partial charge in [0.2, 0.25) is 11.7 Å². The van der Waals surface area contributed by atoms with Crippen LogP contribution in [-0.4, -0.2) is 27.0 Å². The van der Waals surface area contributed by atoms with Gasteiger partial charge >= 0.3 is 6.36 Å². The van der Waals surface area contributed by atoms with Gasteiger partial charge in [-0.3, -0.25) is 4.84 Å². The molecule has 0 radical (unpaired) electrons. The molecule has 2 heterocycles. The van der Waals surface area contributed by atoms with Gasteiger partial charge in [-0.2, -0.15) is 5.21 Å². The second kappa shape index (κ2) is 7.19. The summed E-state index contributed by atoms with van der Waals surface area (Å²) < 4.78 is 46.2. The third-order valence-corrected chi connectivity index (χ3v) is 3.72. The number of nitrogens with one attached hydrogen (secondary N) is 2. The summed E-state index contributed by atoms with van der Waals surface area (Å²) in [6, 6.07) is 12.4. The molecule has 11 heteroatoms. The van der Waals surface area contributed by atoms with E-state index in [-0.39, 0.29) is 5.75 Å². The largest absolute Gasteiger partial charge is 0.573 e. The van der Waals surface area contributed by atoms with Crippen LogP contribution in [0.15, 0.2) is 60.5 Å². The highest BCUT2D eigenvalue weighted by Crippen LogP contribution is 2.29. The number of ether oxygens (including phenoxy) is 2. The summed E-state index contributed by atoms with van der Waals surface area (Å²) in [5.74, 6) is 1.06. The summed E-state index contributed by atoms with van der Waals surface area (Å²) in [4.78, 5) is 5.38. The van der Waals surface area contributed by atoms with Crippen molar-refractivity contribution in [3.8, 4) is 22.9 Å². The Morgan fingerprint density at radius 2 is 1.68 bits per heavy atom. The quantitative estimate of drug-likeness (QED) is 0.689. The third-order valence-electron chi connectivity index (χ3n) is 3.72. The van der Waals surface area contributed by atoms with Crippen LogP contribution in [-0.2, 0) is 4.84 Å². The lowest BCUT2D eigenvalue weighted by atomic mass is 10.1. The Hall–Kier alpha value is -3.60. The zero-order valence-electron chi connectivity index (χ0n) is 14.0. The molecule has 0 unspecified atom stereocenters. The van der Waals surface area contributed by atoms with Crippen LogP contribution >= 0.6 is 0 Å². The molecule has 28 heavy (non-hydrogen) atoms. The number of hydroxylamine groups is 1. The predicted octanol–water partition coefficient (Wildman–Crippen LogP) is 3.26. The summed E-state index contributed by atoms with van der Waals surface area (Å²) in [7, 11) is 0. The maximum Gasteiger partial charge on any atom is 0.573 e. The van der Waals surface area contributed by atoms with Gasteiger partial charge in [-0.15, -0.1) is 23.4 Å². The lowest BCUT2D eigenvalue weighted by Gasteiger charge is -2.11. The summed E-state index contributed by atoms with van der Waals surface area (Å²) >= 11 is 0. The average molecular weight is 391 g/mol. The number of halogens is 3. The Labute approximate surface area is 155 Å². The van der Waals surface area contributed by atoms with Gasteiger partial charge in [0.1, 0.15) is 17.6 Å². The lowest BCUT2D eigenvalue weighted by molar-refractivity contribution is -0.274. The van der Waals surface area contributed by atoms with E-state index in [2.05, 4.69) is 30.8 Å². The van der Waals surface area contributed by atoms with Gasteiger partial charge in [-0.05, 0) is 47.2 Å². The van der Waals surface area contributed by atoms with E-state index in [0.717, 1.165) is 5.56 Å². The normalized spacial score (nSPS) is 16.4. The SMILES string of the molecule is FC(F)(F)Oc1ccc([C@@H]2C=C(Oc3ccc(-c4nn[nH]n4)cc3)NO2)cc1. The van der Waals surface area contributed by atoms with Crippen molar-refractivity contribution in [1.29, 1.82) is 0 Å². The monoisotopic (exact) mass is 391 g/mol. The van der Waals surface area contributed by atoms with Crippen LogP contribution in [0, 0.1) is 0 Å². The first-order valence-corrected chi connectivity index (χ1v) is 7.97. The van der Waals surface area contributed by atoms with Crippen molar-refractivity contribution in [3.05, 3.63) is 66.1 Å². The van der Waals surface area contributed by atoms with Gasteiger partial charge in [0, 0.05) is 11.6 Å². The molecule has 0 saturated heterocycles. The van der Waals surface area contributed by atoms with E-state index in [9.17, 15) is 13.2 Å². The molecule has 0 saturated carbocycles. The first-order valence-electron chi connectivity index (χ1n) is 7.97. The average Bonchev–Trinajstić information content (AvgIpc) is 3.34. The maximum absolute atomic E-state index is 12.2. The first-order chi connectivity index (χ1) is 13.5. The van der Waals surface area contributed by atoms with E-state index in [1.165, 1.54) is 24.3 Å². The van der Waals surface area contributed by atoms with E-state index in [1.54, 1.807) is 30.3 Å². The molecule has 0 amide bonds. The topological polar surface area (TPSA) is 94.2 Å². The highest BCUT2D eigenvalue weighted by atomic mass is 19.4. The molecule has 3 aromatic rings. The number of aromatic nitrogens is 4. The number of hydrogen-bond acceptors (Lipinski definition) is 7. The summed E-state index contributed by atoms with van der Waals surface area (Å²) in [6.45, 7) is 0. The van der Waals surface area contributed by atoms with Gasteiger partial charge in [0.15, 0.2) is 0 Å². The van der Waals surface area contributed by atoms with Crippen LogP contribution in [0.4, 0.5) is 13.2 Å². The summed E-state index contributed by atoms with van der Waals surface area (Å²) in [6.07, 6.45) is -3.59. The van der Waals surface area contributed by atoms with Crippen molar-refractivity contribution in [3.63, 3.8) is 0 Å². The Morgan fingerprint density at radius 3 is 2.32 bits per heavy atom. The van der Waals surface area contributed by atoms with Gasteiger partial charge in [-0.1, -0.05) is 12.1 Å². The molecule has 1 atom stereocenters. The molecule has 8 nitrogen and oxygen atoms in total. The van der Waals surface area contributed by atoms with Crippen LogP contribution in [0.2, 0.25) is 0 Å². The first kappa shape index (κ1) is 17.8. The van der Waals surface area contributed by atoms with Crippen LogP contribution in [0.25, 0.3) is 11.4 Å². The minimum atomic E-state index is -4.73. The van der Waals surface area contributed by atoms with E-state index >= 15 is 0 Å². The van der Waals surface area contributed by atoms with Gasteiger partial charge in [0.25, 0.3) is 0 Å². The zero-order valence-corrected chi connectivity index (χ0v) is 14.0. The molecule has 0 fully saturated rings. The molecule has 144 valence electrons. The van der Waals surface area contributed by atoms with Crippen LogP contribution < -0.4 is 15.0 Å². The number of hydrogen-bond donors (Lipinski definition) is 2. The Bertz CT molecular complexity index is 957. The highest BCUT2D eigenvalue weighted by molar-refractivity contribution is 5.55. The minimum absolute atomic E-state index is 0.302. The second-order valence-corrected chi connectivity index (χ2v) is 5.65. The molecular weight excluding hydrogens is 379 g/mol. The van der Waals surface area contributed by atoms with Crippen LogP contribution in [0.5, 0.6) is 11.5 Å². The molecule has 0 aliphatic carbocycles. The third kappa shape index (κ3) is 4.20. The van der Waals surface area contributed by atoms with Crippen molar-refractivity contribution < 1.29 is 27.5 Å². The molecule has 2 aromatic carbocycles. The zero-order chi connectivity index (χ0) is 19.6. The van der Waals surface area contributed by atoms with Crippen LogP contribution in [0.3, 0.4) is 0 Å². The van der Waals surface area contributed by atoms with Crippen molar-refractivity contribution in [2.45, 2.75) is 12.5 Å². The number of H-pyrrole nitrogens is 1. The smallest absolute Gasteiger partial charge is 0.439 e. The van der Waals surface area contributed by atoms with E-state index in [0.29, 0.717) is 23.0 Å². The lowest BCUT2D eigenvalue weighted by Crippen LogP contribution is -2.17. The Morgan fingerprint density at radius 1 is 0.964 bits per heavy atom. The molecule has 2 N–H and O–H groups in total. The second-order valence-electron chi connectivity index (χ2n) is 5.65. The Balaban J connectivity index is 1.40. The van der Waals surface area contributed by atoms with Gasteiger partial charge in [-0.25, -0.2) is 5.48 Å². The Kier molecular flexibility index (Phi) is 4.57. The fourth-order valence-corrected chi connectivity index (χ4v) is 2.49. The molecular formula is C17H12F3N5O3. The van der Waals surface area contributed by atoms with Gasteiger partial charge < -0.3 is 9.47 Å². The van der Waals surface area contributed by atoms with Crippen molar-refractivity contribution in [2.75, 3.05) is 0 Å². The molecule has 0 spiro atoms. The van der Waals surface area contributed by atoms with Crippen molar-refractivity contribution in [2.24, 2.45) is 0 Å². The van der Waals surface area contributed by atoms with Crippen molar-refractivity contribution in [1.82, 2.24) is 26.1 Å². The summed E-state index contributed by atoms with van der Waals surface area (Å²) in [5.41, 5.74) is 4.04. The summed E-state index contributed by atoms with van der Waals surface area (Å²) in [5, 5.41) is 13.6. The highest BCUT2D eigenvalue weighted by Gasteiger charge is 2.31. The fraction of sp³-hybridized carbons (Fsp3) is 0.118. The number of benzene rings is 2. The van der Waals surface area contributed by atoms with E-state index < -0.39 is 12.5 Å². The van der Waals surface area contributed by atoms with Crippen LogP contribution in [0.1, 0.15) is 11.7 Å². The number of aromatic amines is 1. The standard InChI is InChI=1S/C17H12F3N5O3/c18-17(19,20)27-13-7-1-10(2-8-13)14-9-15(23-28-14)26-12-5-3-11(4-6-12)16-21-24-25-22-16/h1-9,14,23H,(H,21,22,24,25)/t14-/m0/s1. The predicted molar refractivity (Wildman–Crippen MR) is 88.4 cm³/mol. The van der Waals surface area contributed by atoms with E-state index in [4.69, 9.17) is 9.57 Å². The number of tetrazole rings is 1. The molecule has 4 rings (SSSR count). The fourth-order valence-electron chi connectivity index (χ4n) is 2.49. The molecule has 0 bridgehead atoms. The molecule has 1 aliphatic rings. The minimum Gasteiger partial charge on any atom is -0.439 e. The number of nitrogens with zero attached hydrogens (tertiary/aromatic N) is 3. The maximum atomic E-state index is 12.2. The number of rotatable bonds is 5. The van der Waals surface area contributed by atoms with Crippen molar-refractivity contribution >= 4 is 0 Å². The van der Waals surface area contributed by atoms with Gasteiger partial charge in [0.05, 0.1) is 0 Å². The van der Waals surface area contributed by atoms with E-state index in [1.807, 2.05) is 0 Å².